The first-order valence-corrected chi connectivity index (χ1v) is 10.8. The molecule has 0 unspecified atom stereocenters. The Kier molecular flexibility index (Phi) is 5.88. The fourth-order valence-electron chi connectivity index (χ4n) is 4.28. The number of aromatic nitrogens is 2. The van der Waals surface area contributed by atoms with Gasteiger partial charge in [0.05, 0.1) is 0 Å². The highest BCUT2D eigenvalue weighted by atomic mass is 32.2. The van der Waals surface area contributed by atoms with Crippen LogP contribution in [-0.2, 0) is 13.0 Å². The van der Waals surface area contributed by atoms with Crippen LogP contribution in [0.1, 0.15) is 30.9 Å². The van der Waals surface area contributed by atoms with E-state index in [4.69, 9.17) is 0 Å². The molecule has 0 N–H and O–H groups in total. The number of hydrogen-bond donors (Lipinski definition) is 0. The summed E-state index contributed by atoms with van der Waals surface area (Å²) in [5.41, 5.74) is 2.67. The van der Waals surface area contributed by atoms with Gasteiger partial charge in [0.2, 0.25) is 0 Å². The third-order valence-corrected chi connectivity index (χ3v) is 6.32. The van der Waals surface area contributed by atoms with Crippen molar-refractivity contribution in [2.45, 2.75) is 50.0 Å². The Balaban J connectivity index is 1.48. The Morgan fingerprint density at radius 3 is 2.65 bits per heavy atom. The van der Waals surface area contributed by atoms with Gasteiger partial charge in [0.15, 0.2) is 5.16 Å². The maximum absolute atomic E-state index is 4.52. The molecule has 4 nitrogen and oxygen atoms in total. The fourth-order valence-corrected chi connectivity index (χ4v) is 4.80. The second kappa shape index (κ2) is 8.51. The predicted molar refractivity (Wildman–Crippen MR) is 107 cm³/mol. The topological polar surface area (TPSA) is 32.3 Å². The molecule has 0 aliphatic carbocycles. The van der Waals surface area contributed by atoms with E-state index in [2.05, 4.69) is 57.0 Å². The lowest BCUT2D eigenvalue weighted by atomic mass is 9.99. The monoisotopic (exact) mass is 368 g/mol. The van der Waals surface area contributed by atoms with Crippen molar-refractivity contribution < 1.29 is 0 Å². The van der Waals surface area contributed by atoms with Crippen LogP contribution in [0.5, 0.6) is 0 Å². The van der Waals surface area contributed by atoms with Crippen LogP contribution in [0.15, 0.2) is 47.9 Å². The average Bonchev–Trinajstić information content (AvgIpc) is 3.12. The summed E-state index contributed by atoms with van der Waals surface area (Å²) in [5, 5.41) is 0.887. The number of rotatable bonds is 6. The normalized spacial score (nSPS) is 23.9. The smallest absolute Gasteiger partial charge is 0.187 e. The highest BCUT2D eigenvalue weighted by Gasteiger charge is 2.36. The van der Waals surface area contributed by atoms with Crippen molar-refractivity contribution in [3.63, 3.8) is 0 Å². The minimum absolute atomic E-state index is 0.566. The van der Waals surface area contributed by atoms with Crippen LogP contribution in [0.25, 0.3) is 0 Å². The molecule has 2 saturated heterocycles. The van der Waals surface area contributed by atoms with Crippen LogP contribution >= 0.6 is 11.8 Å². The van der Waals surface area contributed by atoms with E-state index in [1.54, 1.807) is 11.8 Å². The van der Waals surface area contributed by atoms with Gasteiger partial charge in [0.1, 0.15) is 0 Å². The number of fused-ring (bicyclic) bond motifs is 1. The van der Waals surface area contributed by atoms with Gasteiger partial charge >= 0.3 is 0 Å². The molecule has 5 heteroatoms. The molecule has 0 bridgehead atoms. The van der Waals surface area contributed by atoms with Gasteiger partial charge in [0, 0.05) is 49.7 Å². The van der Waals surface area contributed by atoms with E-state index < -0.39 is 0 Å². The van der Waals surface area contributed by atoms with Crippen molar-refractivity contribution >= 4 is 11.8 Å². The highest BCUT2D eigenvalue weighted by molar-refractivity contribution is 7.99. The molecule has 0 amide bonds. The van der Waals surface area contributed by atoms with E-state index in [1.807, 2.05) is 12.4 Å². The average molecular weight is 369 g/mol. The Morgan fingerprint density at radius 2 is 1.88 bits per heavy atom. The zero-order chi connectivity index (χ0) is 17.8. The third kappa shape index (κ3) is 4.27. The summed E-state index contributed by atoms with van der Waals surface area (Å²) >= 11 is 1.70. The summed E-state index contributed by atoms with van der Waals surface area (Å²) in [4.78, 5) is 14.4. The number of hydrogen-bond acceptors (Lipinski definition) is 5. The quantitative estimate of drug-likeness (QED) is 0.576. The summed E-state index contributed by atoms with van der Waals surface area (Å²) in [6.45, 7) is 6.72. The van der Waals surface area contributed by atoms with E-state index >= 15 is 0 Å². The third-order valence-electron chi connectivity index (χ3n) is 5.56. The lowest BCUT2D eigenvalue weighted by Gasteiger charge is -2.44. The maximum Gasteiger partial charge on any atom is 0.187 e. The zero-order valence-corrected chi connectivity index (χ0v) is 16.4. The van der Waals surface area contributed by atoms with Gasteiger partial charge in [-0.15, -0.1) is 0 Å². The number of thioether (sulfide) groups is 1. The Morgan fingerprint density at radius 1 is 1.08 bits per heavy atom. The van der Waals surface area contributed by atoms with E-state index in [0.717, 1.165) is 29.9 Å². The molecular formula is C21H28N4S. The maximum atomic E-state index is 4.52. The largest absolute Gasteiger partial charge is 0.298 e. The summed E-state index contributed by atoms with van der Waals surface area (Å²) in [6, 6.07) is 12.2. The first-order chi connectivity index (χ1) is 12.8. The lowest BCUT2D eigenvalue weighted by Crippen LogP contribution is -2.56. The molecule has 0 saturated carbocycles. The zero-order valence-electron chi connectivity index (χ0n) is 15.6. The minimum Gasteiger partial charge on any atom is -0.298 e. The molecule has 26 heavy (non-hydrogen) atoms. The molecule has 3 heterocycles. The Bertz CT molecular complexity index is 691. The minimum atomic E-state index is 0.566. The molecule has 2 aliphatic heterocycles. The van der Waals surface area contributed by atoms with Crippen LogP contribution in [0, 0.1) is 0 Å². The Hall–Kier alpha value is -1.43. The predicted octanol–water partition coefficient (Wildman–Crippen LogP) is 3.48. The van der Waals surface area contributed by atoms with Gasteiger partial charge in [-0.25, -0.2) is 9.97 Å². The Labute approximate surface area is 161 Å². The van der Waals surface area contributed by atoms with Gasteiger partial charge < -0.3 is 0 Å². The van der Waals surface area contributed by atoms with Crippen molar-refractivity contribution in [1.29, 1.82) is 0 Å². The number of piperazine rings is 1. The van der Waals surface area contributed by atoms with Crippen LogP contribution < -0.4 is 0 Å². The molecule has 2 aromatic rings. The van der Waals surface area contributed by atoms with Crippen molar-refractivity contribution in [1.82, 2.24) is 19.8 Å². The van der Waals surface area contributed by atoms with Gasteiger partial charge in [0.25, 0.3) is 0 Å². The van der Waals surface area contributed by atoms with Crippen LogP contribution in [-0.4, -0.2) is 57.2 Å². The van der Waals surface area contributed by atoms with Crippen molar-refractivity contribution in [2.75, 3.05) is 25.4 Å². The van der Waals surface area contributed by atoms with Crippen molar-refractivity contribution in [2.24, 2.45) is 0 Å². The first-order valence-electron chi connectivity index (χ1n) is 9.77. The second-order valence-electron chi connectivity index (χ2n) is 7.37. The van der Waals surface area contributed by atoms with Gasteiger partial charge in [-0.2, -0.15) is 0 Å². The highest BCUT2D eigenvalue weighted by Crippen LogP contribution is 2.27. The molecule has 1 aromatic carbocycles. The molecule has 138 valence electrons. The van der Waals surface area contributed by atoms with Crippen molar-refractivity contribution in [3.05, 3.63) is 53.9 Å². The fraction of sp³-hybridized carbons (Fsp3) is 0.524. The van der Waals surface area contributed by atoms with Gasteiger partial charge in [-0.3, -0.25) is 9.80 Å². The first kappa shape index (κ1) is 18.0. The molecular weight excluding hydrogens is 340 g/mol. The van der Waals surface area contributed by atoms with E-state index in [0.29, 0.717) is 6.04 Å². The van der Waals surface area contributed by atoms with E-state index in [1.165, 1.54) is 43.6 Å². The molecule has 2 atom stereocenters. The summed E-state index contributed by atoms with van der Waals surface area (Å²) in [7, 11) is 0. The molecule has 0 spiro atoms. The summed E-state index contributed by atoms with van der Waals surface area (Å²) < 4.78 is 0. The van der Waals surface area contributed by atoms with Crippen molar-refractivity contribution in [3.8, 4) is 0 Å². The second-order valence-corrected chi connectivity index (χ2v) is 8.60. The number of benzene rings is 1. The standard InChI is InChI=1S/C21H28N4S/c1-2-26-21-22-12-18(13-23-21)14-25-15-19-9-6-10-24(19)16-20(25)11-17-7-4-3-5-8-17/h3-5,7-8,12-13,19-20H,2,6,9-11,14-16H2,1H3/t19-,20+/m0/s1. The van der Waals surface area contributed by atoms with Gasteiger partial charge in [-0.1, -0.05) is 49.0 Å². The summed E-state index contributed by atoms with van der Waals surface area (Å²) in [6.07, 6.45) is 7.85. The molecule has 2 aliphatic rings. The SMILES string of the molecule is CCSc1ncc(CN2C[C@@H]3CCCN3C[C@H]2Cc2ccccc2)cn1. The molecule has 0 radical (unpaired) electrons. The van der Waals surface area contributed by atoms with Crippen LogP contribution in [0.4, 0.5) is 0 Å². The molecule has 2 fully saturated rings. The van der Waals surface area contributed by atoms with E-state index in [-0.39, 0.29) is 0 Å². The molecule has 1 aromatic heterocycles. The molecule has 4 rings (SSSR count). The van der Waals surface area contributed by atoms with Crippen LogP contribution in [0.3, 0.4) is 0 Å². The van der Waals surface area contributed by atoms with E-state index in [9.17, 15) is 0 Å². The number of nitrogens with zero attached hydrogens (tertiary/aromatic N) is 4. The lowest BCUT2D eigenvalue weighted by molar-refractivity contribution is 0.0454. The summed E-state index contributed by atoms with van der Waals surface area (Å²) in [5.74, 6) is 1.02. The van der Waals surface area contributed by atoms with Crippen LogP contribution in [0.2, 0.25) is 0 Å². The van der Waals surface area contributed by atoms with Gasteiger partial charge in [-0.05, 0) is 37.1 Å².